The van der Waals surface area contributed by atoms with Crippen molar-refractivity contribution in [3.63, 3.8) is 0 Å². The van der Waals surface area contributed by atoms with E-state index in [0.717, 1.165) is 0 Å². The van der Waals surface area contributed by atoms with Gasteiger partial charge in [-0.05, 0) is 30.3 Å². The lowest BCUT2D eigenvalue weighted by Gasteiger charge is -2.22. The second-order valence-electron chi connectivity index (χ2n) is 4.65. The van der Waals surface area contributed by atoms with Crippen molar-refractivity contribution in [1.29, 1.82) is 0 Å². The molecule has 1 aromatic carbocycles. The van der Waals surface area contributed by atoms with Crippen molar-refractivity contribution in [2.45, 2.75) is 18.6 Å². The third kappa shape index (κ3) is 2.53. The van der Waals surface area contributed by atoms with Gasteiger partial charge < -0.3 is 19.7 Å². The lowest BCUT2D eigenvalue weighted by molar-refractivity contribution is 0.0310. The van der Waals surface area contributed by atoms with Crippen LogP contribution >= 0.6 is 0 Å². The number of pyridine rings is 1. The summed E-state index contributed by atoms with van der Waals surface area (Å²) in [7, 11) is 0. The average molecular weight is 273 g/mol. The molecule has 3 rings (SSSR count). The molecule has 0 fully saturated rings. The normalized spacial score (nSPS) is 21.4. The number of nitrogens with zero attached hydrogens (tertiary/aromatic N) is 1. The molecule has 0 radical (unpaired) electrons. The molecule has 0 saturated carbocycles. The van der Waals surface area contributed by atoms with Crippen molar-refractivity contribution in [3.8, 4) is 17.2 Å². The highest BCUT2D eigenvalue weighted by atomic mass is 16.5. The lowest BCUT2D eigenvalue weighted by atomic mass is 10.0. The summed E-state index contributed by atoms with van der Waals surface area (Å²) in [5, 5.41) is 20.0. The van der Waals surface area contributed by atoms with Crippen LogP contribution in [0, 0.1) is 0 Å². The third-order valence-electron chi connectivity index (χ3n) is 3.25. The summed E-state index contributed by atoms with van der Waals surface area (Å²) in [6.07, 6.45) is 2.50. The quantitative estimate of drug-likeness (QED) is 0.876. The average Bonchev–Trinajstić information content (AvgIpc) is 2.61. The Morgan fingerprint density at radius 1 is 1.30 bits per heavy atom. The predicted molar refractivity (Wildman–Crippen MR) is 71.8 cm³/mol. The molecule has 2 aromatic rings. The van der Waals surface area contributed by atoms with Gasteiger partial charge in [0.15, 0.2) is 0 Å². The highest BCUT2D eigenvalue weighted by molar-refractivity contribution is 5.42. The summed E-state index contributed by atoms with van der Waals surface area (Å²) < 4.78 is 11.3. The molecule has 1 aliphatic heterocycles. The second kappa shape index (κ2) is 5.38. The van der Waals surface area contributed by atoms with E-state index < -0.39 is 12.2 Å². The Morgan fingerprint density at radius 2 is 2.20 bits per heavy atom. The van der Waals surface area contributed by atoms with Crippen molar-refractivity contribution in [1.82, 2.24) is 4.98 Å². The van der Waals surface area contributed by atoms with Crippen molar-refractivity contribution >= 4 is 0 Å². The number of aromatic nitrogens is 1. The minimum absolute atomic E-state index is 0.0911. The SMILES string of the molecule is Oc1ccc2c(c1)[C@@H](O)[C@H](Oc1cccnc1)CCO2. The maximum atomic E-state index is 10.5. The van der Waals surface area contributed by atoms with Crippen molar-refractivity contribution < 1.29 is 19.7 Å². The number of benzene rings is 1. The van der Waals surface area contributed by atoms with Crippen molar-refractivity contribution in [2.24, 2.45) is 0 Å². The number of ether oxygens (including phenoxy) is 2. The van der Waals surface area contributed by atoms with Gasteiger partial charge in [-0.15, -0.1) is 0 Å². The molecule has 2 heterocycles. The number of aliphatic hydroxyl groups is 1. The third-order valence-corrected chi connectivity index (χ3v) is 3.25. The van der Waals surface area contributed by atoms with Gasteiger partial charge in [0.1, 0.15) is 29.5 Å². The molecule has 1 aliphatic rings. The van der Waals surface area contributed by atoms with Crippen LogP contribution in [0.4, 0.5) is 0 Å². The molecule has 0 unspecified atom stereocenters. The zero-order valence-corrected chi connectivity index (χ0v) is 10.8. The fraction of sp³-hybridized carbons (Fsp3) is 0.267. The number of aromatic hydroxyl groups is 1. The number of phenolic OH excluding ortho intramolecular Hbond substituents is 1. The number of hydrogen-bond donors (Lipinski definition) is 2. The van der Waals surface area contributed by atoms with Gasteiger partial charge in [0.05, 0.1) is 12.8 Å². The zero-order chi connectivity index (χ0) is 13.9. The van der Waals surface area contributed by atoms with Gasteiger partial charge >= 0.3 is 0 Å². The van der Waals surface area contributed by atoms with Crippen LogP contribution in [-0.2, 0) is 0 Å². The highest BCUT2D eigenvalue weighted by Crippen LogP contribution is 2.35. The molecular weight excluding hydrogens is 258 g/mol. The molecule has 20 heavy (non-hydrogen) atoms. The van der Waals surface area contributed by atoms with E-state index in [-0.39, 0.29) is 5.75 Å². The molecule has 5 nitrogen and oxygen atoms in total. The van der Waals surface area contributed by atoms with Crippen molar-refractivity contribution in [3.05, 3.63) is 48.3 Å². The van der Waals surface area contributed by atoms with Gasteiger partial charge in [0.25, 0.3) is 0 Å². The van der Waals surface area contributed by atoms with Crippen LogP contribution in [0.25, 0.3) is 0 Å². The summed E-state index contributed by atoms with van der Waals surface area (Å²) in [5.74, 6) is 1.26. The Hall–Kier alpha value is -2.27. The fourth-order valence-corrected chi connectivity index (χ4v) is 2.26. The molecule has 0 aliphatic carbocycles. The molecule has 0 spiro atoms. The molecule has 104 valence electrons. The lowest BCUT2D eigenvalue weighted by Crippen LogP contribution is -2.25. The van der Waals surface area contributed by atoms with E-state index in [0.29, 0.717) is 30.1 Å². The number of hydrogen-bond acceptors (Lipinski definition) is 5. The number of rotatable bonds is 2. The number of aliphatic hydroxyl groups excluding tert-OH is 1. The fourth-order valence-electron chi connectivity index (χ4n) is 2.26. The van der Waals surface area contributed by atoms with E-state index in [1.165, 1.54) is 12.1 Å². The second-order valence-corrected chi connectivity index (χ2v) is 4.65. The van der Waals surface area contributed by atoms with E-state index in [1.807, 2.05) is 0 Å². The Labute approximate surface area is 116 Å². The number of phenols is 1. The minimum Gasteiger partial charge on any atom is -0.508 e. The standard InChI is InChI=1S/C15H15NO4/c17-10-3-4-13-12(8-10)15(18)14(5-7-19-13)20-11-2-1-6-16-9-11/h1-4,6,8-9,14-15,17-18H,5,7H2/t14-,15-/m1/s1. The highest BCUT2D eigenvalue weighted by Gasteiger charge is 2.29. The van der Waals surface area contributed by atoms with Crippen LogP contribution in [0.15, 0.2) is 42.7 Å². The Balaban J connectivity index is 1.86. The molecule has 2 N–H and O–H groups in total. The van der Waals surface area contributed by atoms with Crippen LogP contribution in [0.2, 0.25) is 0 Å². The summed E-state index contributed by atoms with van der Waals surface area (Å²) >= 11 is 0. The van der Waals surface area contributed by atoms with Crippen molar-refractivity contribution in [2.75, 3.05) is 6.61 Å². The van der Waals surface area contributed by atoms with Crippen LogP contribution < -0.4 is 9.47 Å². The smallest absolute Gasteiger partial charge is 0.138 e. The van der Waals surface area contributed by atoms with Gasteiger partial charge in [0.2, 0.25) is 0 Å². The molecule has 5 heteroatoms. The Bertz CT molecular complexity index is 588. The number of fused-ring (bicyclic) bond motifs is 1. The first-order valence-electron chi connectivity index (χ1n) is 6.44. The van der Waals surface area contributed by atoms with Gasteiger partial charge in [-0.25, -0.2) is 0 Å². The predicted octanol–water partition coefficient (Wildman–Crippen LogP) is 2.05. The largest absolute Gasteiger partial charge is 0.508 e. The van der Waals surface area contributed by atoms with Gasteiger partial charge in [0, 0.05) is 18.2 Å². The van der Waals surface area contributed by atoms with Gasteiger partial charge in [-0.2, -0.15) is 0 Å². The summed E-state index contributed by atoms with van der Waals surface area (Å²) in [6, 6.07) is 8.25. The maximum Gasteiger partial charge on any atom is 0.138 e. The molecular formula is C15H15NO4. The molecule has 1 aromatic heterocycles. The molecule has 0 bridgehead atoms. The Morgan fingerprint density at radius 3 is 3.00 bits per heavy atom. The van der Waals surface area contributed by atoms with E-state index in [1.54, 1.807) is 30.6 Å². The molecule has 0 amide bonds. The molecule has 2 atom stereocenters. The van der Waals surface area contributed by atoms with Crippen LogP contribution in [0.3, 0.4) is 0 Å². The van der Waals surface area contributed by atoms with Crippen LogP contribution in [0.5, 0.6) is 17.2 Å². The summed E-state index contributed by atoms with van der Waals surface area (Å²) in [4.78, 5) is 3.98. The van der Waals surface area contributed by atoms with Gasteiger partial charge in [-0.1, -0.05) is 0 Å². The summed E-state index contributed by atoms with van der Waals surface area (Å²) in [6.45, 7) is 0.444. The minimum atomic E-state index is -0.861. The summed E-state index contributed by atoms with van der Waals surface area (Å²) in [5.41, 5.74) is 0.538. The van der Waals surface area contributed by atoms with E-state index in [4.69, 9.17) is 9.47 Å². The first-order chi connectivity index (χ1) is 9.74. The molecule has 0 saturated heterocycles. The van der Waals surface area contributed by atoms with E-state index in [9.17, 15) is 10.2 Å². The van der Waals surface area contributed by atoms with Crippen LogP contribution in [0.1, 0.15) is 18.1 Å². The van der Waals surface area contributed by atoms with Gasteiger partial charge in [-0.3, -0.25) is 4.98 Å². The van der Waals surface area contributed by atoms with E-state index >= 15 is 0 Å². The maximum absolute atomic E-state index is 10.5. The Kier molecular flexibility index (Phi) is 3.43. The van der Waals surface area contributed by atoms with E-state index in [2.05, 4.69) is 4.98 Å². The van der Waals surface area contributed by atoms with Crippen LogP contribution in [-0.4, -0.2) is 27.9 Å². The first kappa shape index (κ1) is 12.7. The monoisotopic (exact) mass is 273 g/mol. The zero-order valence-electron chi connectivity index (χ0n) is 10.8. The first-order valence-corrected chi connectivity index (χ1v) is 6.44. The topological polar surface area (TPSA) is 71.8 Å².